The Morgan fingerprint density at radius 2 is 2.06 bits per heavy atom. The standard InChI is InChI=1S/C13H17FN2SSi/c1-9-10(5-6-12(14)11(9)7-15)13(17)16-8-18(2,3)4/h5-6H,8H2,1-4H3,(H,16,17). The molecule has 0 unspecified atom stereocenters. The lowest BCUT2D eigenvalue weighted by molar-refractivity contribution is 0.622. The van der Waals surface area contributed by atoms with Crippen molar-refractivity contribution in [1.82, 2.24) is 5.32 Å². The molecule has 2 nitrogen and oxygen atoms in total. The number of nitrogens with one attached hydrogen (secondary N) is 1. The molecule has 0 aliphatic rings. The average Bonchev–Trinajstić information content (AvgIpc) is 2.26. The molecule has 5 heteroatoms. The Balaban J connectivity index is 2.98. The zero-order valence-electron chi connectivity index (χ0n) is 11.1. The number of halogens is 1. The summed E-state index contributed by atoms with van der Waals surface area (Å²) in [4.78, 5) is 0.589. The van der Waals surface area contributed by atoms with Gasteiger partial charge >= 0.3 is 0 Å². The molecule has 0 atom stereocenters. The van der Waals surface area contributed by atoms with Crippen molar-refractivity contribution in [2.75, 3.05) is 6.17 Å². The van der Waals surface area contributed by atoms with E-state index < -0.39 is 13.9 Å². The molecule has 96 valence electrons. The van der Waals surface area contributed by atoms with E-state index in [9.17, 15) is 4.39 Å². The highest BCUT2D eigenvalue weighted by Crippen LogP contribution is 2.17. The molecule has 0 spiro atoms. The van der Waals surface area contributed by atoms with Crippen LogP contribution >= 0.6 is 12.2 Å². The van der Waals surface area contributed by atoms with Gasteiger partial charge in [-0.25, -0.2) is 4.39 Å². The molecule has 0 saturated carbocycles. The highest BCUT2D eigenvalue weighted by atomic mass is 32.1. The molecule has 0 aliphatic carbocycles. The van der Waals surface area contributed by atoms with Crippen molar-refractivity contribution in [3.8, 4) is 6.07 Å². The van der Waals surface area contributed by atoms with Gasteiger partial charge in [0.25, 0.3) is 0 Å². The van der Waals surface area contributed by atoms with E-state index in [1.807, 2.05) is 6.07 Å². The first-order chi connectivity index (χ1) is 8.26. The van der Waals surface area contributed by atoms with E-state index in [0.717, 1.165) is 11.7 Å². The number of nitriles is 1. The van der Waals surface area contributed by atoms with Crippen LogP contribution in [0.25, 0.3) is 0 Å². The van der Waals surface area contributed by atoms with Crippen molar-refractivity contribution in [2.24, 2.45) is 0 Å². The third kappa shape index (κ3) is 3.62. The topological polar surface area (TPSA) is 35.8 Å². The van der Waals surface area contributed by atoms with Crippen LogP contribution in [0, 0.1) is 24.1 Å². The van der Waals surface area contributed by atoms with E-state index in [1.54, 1.807) is 13.0 Å². The van der Waals surface area contributed by atoms with Gasteiger partial charge in [-0.3, -0.25) is 0 Å². The van der Waals surface area contributed by atoms with Crippen molar-refractivity contribution >= 4 is 25.3 Å². The maximum atomic E-state index is 13.4. The van der Waals surface area contributed by atoms with Crippen molar-refractivity contribution in [3.63, 3.8) is 0 Å². The molecule has 18 heavy (non-hydrogen) atoms. The van der Waals surface area contributed by atoms with Crippen LogP contribution in [-0.2, 0) is 0 Å². The Bertz CT molecular complexity index is 515. The van der Waals surface area contributed by atoms with Gasteiger partial charge in [0.05, 0.1) is 13.6 Å². The summed E-state index contributed by atoms with van der Waals surface area (Å²) in [6, 6.07) is 4.80. The zero-order valence-corrected chi connectivity index (χ0v) is 12.9. The van der Waals surface area contributed by atoms with Crippen LogP contribution in [0.5, 0.6) is 0 Å². The van der Waals surface area contributed by atoms with Crippen LogP contribution in [0.3, 0.4) is 0 Å². The van der Waals surface area contributed by atoms with Crippen molar-refractivity contribution in [3.05, 3.63) is 34.6 Å². The molecule has 0 heterocycles. The highest BCUT2D eigenvalue weighted by Gasteiger charge is 2.16. The number of rotatable bonds is 3. The monoisotopic (exact) mass is 280 g/mol. The van der Waals surface area contributed by atoms with Gasteiger partial charge in [0.15, 0.2) is 0 Å². The zero-order chi connectivity index (χ0) is 13.9. The van der Waals surface area contributed by atoms with Crippen molar-refractivity contribution in [1.29, 1.82) is 5.26 Å². The van der Waals surface area contributed by atoms with Gasteiger partial charge in [0.2, 0.25) is 0 Å². The second-order valence-corrected chi connectivity index (χ2v) is 11.3. The van der Waals surface area contributed by atoms with E-state index in [4.69, 9.17) is 17.5 Å². The lowest BCUT2D eigenvalue weighted by Gasteiger charge is -2.19. The van der Waals surface area contributed by atoms with Gasteiger partial charge in [-0.05, 0) is 24.6 Å². The third-order valence-corrected chi connectivity index (χ3v) is 4.15. The van der Waals surface area contributed by atoms with Crippen LogP contribution in [0.4, 0.5) is 4.39 Å². The summed E-state index contributed by atoms with van der Waals surface area (Å²) in [6.45, 7) is 8.43. The molecule has 1 N–H and O–H groups in total. The first-order valence-electron chi connectivity index (χ1n) is 5.73. The molecule has 1 rings (SSSR count). The maximum Gasteiger partial charge on any atom is 0.141 e. The lowest BCUT2D eigenvalue weighted by Crippen LogP contribution is -2.39. The molecule has 0 fully saturated rings. The first-order valence-corrected chi connectivity index (χ1v) is 9.85. The molecule has 1 aromatic carbocycles. The largest absolute Gasteiger partial charge is 0.379 e. The highest BCUT2D eigenvalue weighted by molar-refractivity contribution is 7.80. The second kappa shape index (κ2) is 5.59. The van der Waals surface area contributed by atoms with Gasteiger partial charge in [-0.15, -0.1) is 0 Å². The molecule has 0 radical (unpaired) electrons. The summed E-state index contributed by atoms with van der Waals surface area (Å²) < 4.78 is 13.4. The van der Waals surface area contributed by atoms with Gasteiger partial charge in [0, 0.05) is 11.7 Å². The summed E-state index contributed by atoms with van der Waals surface area (Å²) in [6.07, 6.45) is 0.866. The van der Waals surface area contributed by atoms with Crippen LogP contribution in [0.15, 0.2) is 12.1 Å². The van der Waals surface area contributed by atoms with Crippen LogP contribution in [0.1, 0.15) is 16.7 Å². The third-order valence-electron chi connectivity index (χ3n) is 2.55. The summed E-state index contributed by atoms with van der Waals surface area (Å²) in [5.41, 5.74) is 1.41. The predicted octanol–water partition coefficient (Wildman–Crippen LogP) is 3.15. The summed E-state index contributed by atoms with van der Waals surface area (Å²) >= 11 is 5.31. The van der Waals surface area contributed by atoms with Crippen LogP contribution in [-0.4, -0.2) is 19.2 Å². The summed E-state index contributed by atoms with van der Waals surface area (Å²) in [5.74, 6) is -0.494. The Labute approximate surface area is 114 Å². The molecule has 1 aromatic rings. The number of nitrogens with zero attached hydrogens (tertiary/aromatic N) is 1. The Morgan fingerprint density at radius 3 is 2.56 bits per heavy atom. The molecule has 0 aromatic heterocycles. The molecular weight excluding hydrogens is 263 g/mol. The molecule has 0 aliphatic heterocycles. The van der Waals surface area contributed by atoms with Crippen molar-refractivity contribution in [2.45, 2.75) is 26.6 Å². The number of hydrogen-bond acceptors (Lipinski definition) is 2. The van der Waals surface area contributed by atoms with E-state index in [2.05, 4.69) is 25.0 Å². The van der Waals surface area contributed by atoms with Crippen LogP contribution < -0.4 is 5.32 Å². The fraction of sp³-hybridized carbons (Fsp3) is 0.385. The maximum absolute atomic E-state index is 13.4. The summed E-state index contributed by atoms with van der Waals surface area (Å²) in [5, 5.41) is 12.1. The minimum absolute atomic E-state index is 0.0738. The number of thiocarbonyl (C=S) groups is 1. The lowest BCUT2D eigenvalue weighted by atomic mass is 10.0. The number of benzene rings is 1. The van der Waals surface area contributed by atoms with Gasteiger partial charge in [-0.1, -0.05) is 31.9 Å². The smallest absolute Gasteiger partial charge is 0.141 e. The van der Waals surface area contributed by atoms with Gasteiger partial charge in [-0.2, -0.15) is 5.26 Å². The molecule has 0 amide bonds. The minimum Gasteiger partial charge on any atom is -0.379 e. The van der Waals surface area contributed by atoms with E-state index in [-0.39, 0.29) is 5.56 Å². The second-order valence-electron chi connectivity index (χ2n) is 5.45. The minimum atomic E-state index is -1.24. The fourth-order valence-corrected chi connectivity index (χ4v) is 2.63. The normalized spacial score (nSPS) is 10.9. The van der Waals surface area contributed by atoms with Gasteiger partial charge in [0.1, 0.15) is 16.9 Å². The Morgan fingerprint density at radius 1 is 1.44 bits per heavy atom. The predicted molar refractivity (Wildman–Crippen MR) is 78.9 cm³/mol. The SMILES string of the molecule is Cc1c(C(=S)NC[Si](C)(C)C)ccc(F)c1C#N. The molecular formula is C13H17FN2SSi. The number of hydrogen-bond donors (Lipinski definition) is 1. The molecule has 0 saturated heterocycles. The van der Waals surface area contributed by atoms with E-state index >= 15 is 0 Å². The van der Waals surface area contributed by atoms with Gasteiger partial charge < -0.3 is 5.32 Å². The molecule has 0 bridgehead atoms. The fourth-order valence-electron chi connectivity index (χ4n) is 1.50. The average molecular weight is 280 g/mol. The van der Waals surface area contributed by atoms with E-state index in [1.165, 1.54) is 6.07 Å². The quantitative estimate of drug-likeness (QED) is 0.682. The Kier molecular flexibility index (Phi) is 4.60. The first kappa shape index (κ1) is 14.8. The Hall–Kier alpha value is -1.25. The van der Waals surface area contributed by atoms with Crippen molar-refractivity contribution < 1.29 is 4.39 Å². The van der Waals surface area contributed by atoms with Crippen LogP contribution in [0.2, 0.25) is 19.6 Å². The summed E-state index contributed by atoms with van der Waals surface area (Å²) in [7, 11) is -1.24. The van der Waals surface area contributed by atoms with E-state index in [0.29, 0.717) is 10.6 Å².